The van der Waals surface area contributed by atoms with Gasteiger partial charge in [0.1, 0.15) is 0 Å². The zero-order valence-corrected chi connectivity index (χ0v) is 28.8. The average Bonchev–Trinajstić information content (AvgIpc) is 2.95. The predicted molar refractivity (Wildman–Crippen MR) is 149 cm³/mol. The summed E-state index contributed by atoms with van der Waals surface area (Å²) in [6.45, 7) is 4.64. The monoisotopic (exact) mass is 628 g/mol. The van der Waals surface area contributed by atoms with E-state index in [2.05, 4.69) is 78.3 Å². The van der Waals surface area contributed by atoms with Crippen molar-refractivity contribution in [2.24, 2.45) is 0 Å². The summed E-state index contributed by atoms with van der Waals surface area (Å²) in [7, 11) is 0. The number of pyridine rings is 4. The fourth-order valence-corrected chi connectivity index (χ4v) is 4.56. The summed E-state index contributed by atoms with van der Waals surface area (Å²) in [5.74, 6) is 0. The molecule has 190 valence electrons. The number of rotatable bonds is 12. The Balaban J connectivity index is 0.00000220. The molecule has 6 nitrogen and oxygen atoms in total. The van der Waals surface area contributed by atoms with Crippen molar-refractivity contribution in [1.82, 2.24) is 29.7 Å². The van der Waals surface area contributed by atoms with Crippen molar-refractivity contribution >= 4 is 0 Å². The Morgan fingerprint density at radius 2 is 0.700 bits per heavy atom. The van der Waals surface area contributed by atoms with E-state index in [4.69, 9.17) is 0 Å². The van der Waals surface area contributed by atoms with Crippen molar-refractivity contribution in [3.05, 3.63) is 156 Å². The van der Waals surface area contributed by atoms with Gasteiger partial charge >= 0.3 is 39.0 Å². The Labute approximate surface area is 262 Å². The summed E-state index contributed by atoms with van der Waals surface area (Å²) in [5, 5.41) is 0. The van der Waals surface area contributed by atoms with Crippen molar-refractivity contribution in [3.63, 3.8) is 0 Å². The predicted octanol–water partition coefficient (Wildman–Crippen LogP) is 5.67. The summed E-state index contributed by atoms with van der Waals surface area (Å²) in [4.78, 5) is 23.0. The molecule has 40 heavy (non-hydrogen) atoms. The fourth-order valence-electron chi connectivity index (χ4n) is 4.56. The minimum atomic E-state index is 0. The number of hydrogen-bond donors (Lipinski definition) is 0. The molecule has 0 bridgehead atoms. The van der Waals surface area contributed by atoms with Crippen LogP contribution in [0.15, 0.2) is 122 Å². The standard InChI is InChI=1S/C32H32N6.2Zn/c1-5-16-33-29(12-1)23-37(24-30-13-2-6-17-34-30)21-27-10-9-11-28(20-27)22-38(25-31-14-3-7-18-35-31)26-32-15-4-8-19-36-32;;/h1-20H,21-26H2;;/q;2*+2. The topological polar surface area (TPSA) is 58.0 Å². The fraction of sp³-hybridized carbons (Fsp3) is 0.188. The normalized spacial score (nSPS) is 10.7. The van der Waals surface area contributed by atoms with Gasteiger partial charge in [0.05, 0.1) is 22.8 Å². The average molecular weight is 631 g/mol. The third kappa shape index (κ3) is 10.2. The Hall–Kier alpha value is -3.01. The molecule has 0 aliphatic carbocycles. The summed E-state index contributed by atoms with van der Waals surface area (Å²) in [6, 6.07) is 33.2. The Kier molecular flexibility index (Phi) is 13.3. The largest absolute Gasteiger partial charge is 2.00 e. The Bertz CT molecular complexity index is 1190. The second-order valence-electron chi connectivity index (χ2n) is 9.39. The second kappa shape index (κ2) is 16.9. The number of benzene rings is 1. The molecule has 5 aromatic rings. The van der Waals surface area contributed by atoms with Gasteiger partial charge < -0.3 is 0 Å². The molecule has 0 unspecified atom stereocenters. The van der Waals surface area contributed by atoms with Crippen LogP contribution in [0.3, 0.4) is 0 Å². The maximum atomic E-state index is 4.56. The molecular weight excluding hydrogens is 599 g/mol. The van der Waals surface area contributed by atoms with Gasteiger partial charge in [0.25, 0.3) is 0 Å². The van der Waals surface area contributed by atoms with Gasteiger partial charge in [-0.3, -0.25) is 29.7 Å². The van der Waals surface area contributed by atoms with E-state index >= 15 is 0 Å². The first-order valence-electron chi connectivity index (χ1n) is 12.9. The van der Waals surface area contributed by atoms with Crippen molar-refractivity contribution in [2.45, 2.75) is 39.3 Å². The maximum absolute atomic E-state index is 4.56. The van der Waals surface area contributed by atoms with Gasteiger partial charge in [-0.1, -0.05) is 48.5 Å². The van der Waals surface area contributed by atoms with Crippen LogP contribution >= 0.6 is 0 Å². The third-order valence-corrected chi connectivity index (χ3v) is 6.25. The van der Waals surface area contributed by atoms with Crippen molar-refractivity contribution in [2.75, 3.05) is 0 Å². The first kappa shape index (κ1) is 31.5. The van der Waals surface area contributed by atoms with Crippen LogP contribution in [0, 0.1) is 0 Å². The third-order valence-electron chi connectivity index (χ3n) is 6.25. The molecule has 0 N–H and O–H groups in total. The molecule has 0 aliphatic heterocycles. The molecule has 0 atom stereocenters. The van der Waals surface area contributed by atoms with E-state index < -0.39 is 0 Å². The van der Waals surface area contributed by atoms with Crippen LogP contribution in [-0.2, 0) is 78.2 Å². The zero-order chi connectivity index (χ0) is 25.8. The van der Waals surface area contributed by atoms with Gasteiger partial charge in [0.15, 0.2) is 0 Å². The van der Waals surface area contributed by atoms with E-state index in [1.165, 1.54) is 11.1 Å². The van der Waals surface area contributed by atoms with Gasteiger partial charge in [-0.05, 0) is 59.7 Å². The summed E-state index contributed by atoms with van der Waals surface area (Å²) < 4.78 is 0. The van der Waals surface area contributed by atoms with Crippen LogP contribution in [-0.4, -0.2) is 29.7 Å². The molecule has 0 radical (unpaired) electrons. The minimum absolute atomic E-state index is 0. The summed E-state index contributed by atoms with van der Waals surface area (Å²) in [5.41, 5.74) is 6.75. The quantitative estimate of drug-likeness (QED) is 0.166. The van der Waals surface area contributed by atoms with Crippen LogP contribution in [0.2, 0.25) is 0 Å². The maximum Gasteiger partial charge on any atom is 2.00 e. The molecule has 0 amide bonds. The molecule has 0 fully saturated rings. The van der Waals surface area contributed by atoms with E-state index in [0.29, 0.717) is 0 Å². The second-order valence-corrected chi connectivity index (χ2v) is 9.39. The van der Waals surface area contributed by atoms with Gasteiger partial charge in [-0.15, -0.1) is 0 Å². The molecule has 0 aliphatic rings. The Morgan fingerprint density at radius 1 is 0.375 bits per heavy atom. The smallest absolute Gasteiger partial charge is 0.287 e. The van der Waals surface area contributed by atoms with Crippen LogP contribution < -0.4 is 0 Å². The SMILES string of the molecule is [Zn+2].[Zn+2].c1ccc(CN(Cc2cccc(CN(Cc3ccccn3)Cc3ccccn3)c2)Cc2ccccn2)nc1. The summed E-state index contributed by atoms with van der Waals surface area (Å²) in [6.07, 6.45) is 7.42. The van der Waals surface area contributed by atoms with Gasteiger partial charge in [0, 0.05) is 64.1 Å². The van der Waals surface area contributed by atoms with Crippen molar-refractivity contribution < 1.29 is 39.0 Å². The van der Waals surface area contributed by atoms with E-state index in [1.54, 1.807) is 0 Å². The van der Waals surface area contributed by atoms with E-state index in [9.17, 15) is 0 Å². The minimum Gasteiger partial charge on any atom is -0.287 e. The summed E-state index contributed by atoms with van der Waals surface area (Å²) >= 11 is 0. The van der Waals surface area contributed by atoms with Crippen LogP contribution in [0.1, 0.15) is 33.9 Å². The Morgan fingerprint density at radius 3 is 0.975 bits per heavy atom. The van der Waals surface area contributed by atoms with E-state index in [0.717, 1.165) is 62.0 Å². The number of nitrogens with zero attached hydrogens (tertiary/aromatic N) is 6. The molecule has 4 heterocycles. The van der Waals surface area contributed by atoms with Gasteiger partial charge in [-0.2, -0.15) is 0 Å². The van der Waals surface area contributed by atoms with Crippen LogP contribution in [0.25, 0.3) is 0 Å². The van der Waals surface area contributed by atoms with Gasteiger partial charge in [-0.25, -0.2) is 0 Å². The molecule has 0 spiro atoms. The number of aromatic nitrogens is 4. The molecule has 5 rings (SSSR count). The molecule has 4 aromatic heterocycles. The molecule has 8 heteroatoms. The molecule has 0 saturated carbocycles. The van der Waals surface area contributed by atoms with E-state index in [1.807, 2.05) is 73.3 Å². The molecular formula is C32H32N6Zn2+4. The first-order valence-corrected chi connectivity index (χ1v) is 12.9. The molecule has 0 saturated heterocycles. The molecule has 1 aromatic carbocycles. The van der Waals surface area contributed by atoms with Crippen LogP contribution in [0.5, 0.6) is 0 Å². The first-order chi connectivity index (χ1) is 18.8. The van der Waals surface area contributed by atoms with Crippen molar-refractivity contribution in [3.8, 4) is 0 Å². The van der Waals surface area contributed by atoms with Gasteiger partial charge in [0.2, 0.25) is 0 Å². The van der Waals surface area contributed by atoms with Crippen LogP contribution in [0.4, 0.5) is 0 Å². The van der Waals surface area contributed by atoms with Crippen molar-refractivity contribution in [1.29, 1.82) is 0 Å². The van der Waals surface area contributed by atoms with E-state index in [-0.39, 0.29) is 39.0 Å². The number of hydrogen-bond acceptors (Lipinski definition) is 6. The zero-order valence-electron chi connectivity index (χ0n) is 22.9.